The molecule has 8 heteroatoms. The van der Waals surface area contributed by atoms with Crippen LogP contribution in [0.15, 0.2) is 60.8 Å². The maximum atomic E-state index is 14.6. The molecule has 0 aliphatic carbocycles. The SMILES string of the molecule is CS(=O)(=O)N(CCCN)Cc1cccc(-c2nc(CCCCc3ccccc3)ncc2F)c1. The van der Waals surface area contributed by atoms with E-state index in [1.165, 1.54) is 22.3 Å². The van der Waals surface area contributed by atoms with Crippen molar-refractivity contribution in [3.8, 4) is 11.3 Å². The quantitative estimate of drug-likeness (QED) is 0.405. The average molecular weight is 471 g/mol. The van der Waals surface area contributed by atoms with Gasteiger partial charge in [0.1, 0.15) is 11.5 Å². The van der Waals surface area contributed by atoms with Crippen molar-refractivity contribution in [3.05, 3.63) is 83.6 Å². The molecular weight excluding hydrogens is 439 g/mol. The maximum Gasteiger partial charge on any atom is 0.211 e. The van der Waals surface area contributed by atoms with Gasteiger partial charge in [-0.05, 0) is 49.4 Å². The first-order valence-electron chi connectivity index (χ1n) is 11.2. The van der Waals surface area contributed by atoms with E-state index >= 15 is 0 Å². The van der Waals surface area contributed by atoms with Gasteiger partial charge in [0.2, 0.25) is 10.0 Å². The minimum absolute atomic E-state index is 0.200. The Kier molecular flexibility index (Phi) is 9.05. The number of nitrogens with zero attached hydrogens (tertiary/aromatic N) is 3. The summed E-state index contributed by atoms with van der Waals surface area (Å²) >= 11 is 0. The van der Waals surface area contributed by atoms with E-state index in [2.05, 4.69) is 22.1 Å². The topological polar surface area (TPSA) is 89.2 Å². The molecule has 3 rings (SSSR count). The van der Waals surface area contributed by atoms with E-state index in [0.717, 1.165) is 24.8 Å². The Bertz CT molecular complexity index is 1140. The van der Waals surface area contributed by atoms with Crippen LogP contribution in [0.2, 0.25) is 0 Å². The fourth-order valence-electron chi connectivity index (χ4n) is 3.63. The molecule has 0 aliphatic rings. The number of halogens is 1. The van der Waals surface area contributed by atoms with Crippen molar-refractivity contribution >= 4 is 10.0 Å². The Hall–Kier alpha value is -2.68. The average Bonchev–Trinajstić information content (AvgIpc) is 2.80. The van der Waals surface area contributed by atoms with Gasteiger partial charge in [0, 0.05) is 25.1 Å². The first-order chi connectivity index (χ1) is 15.9. The van der Waals surface area contributed by atoms with E-state index < -0.39 is 15.8 Å². The van der Waals surface area contributed by atoms with Gasteiger partial charge in [-0.25, -0.2) is 22.8 Å². The van der Waals surface area contributed by atoms with Crippen LogP contribution in [-0.4, -0.2) is 42.0 Å². The number of nitrogens with two attached hydrogens (primary N) is 1. The minimum Gasteiger partial charge on any atom is -0.330 e. The van der Waals surface area contributed by atoms with Crippen molar-refractivity contribution in [2.45, 2.75) is 38.6 Å². The molecule has 3 aromatic rings. The molecule has 33 heavy (non-hydrogen) atoms. The van der Waals surface area contributed by atoms with Gasteiger partial charge in [0.15, 0.2) is 5.82 Å². The van der Waals surface area contributed by atoms with Crippen LogP contribution in [0.3, 0.4) is 0 Å². The van der Waals surface area contributed by atoms with Crippen molar-refractivity contribution in [2.75, 3.05) is 19.3 Å². The number of aromatic nitrogens is 2. The summed E-state index contributed by atoms with van der Waals surface area (Å²) < 4.78 is 40.2. The molecule has 0 atom stereocenters. The van der Waals surface area contributed by atoms with Crippen LogP contribution in [0.4, 0.5) is 4.39 Å². The number of rotatable bonds is 12. The van der Waals surface area contributed by atoms with Crippen LogP contribution < -0.4 is 5.73 Å². The lowest BCUT2D eigenvalue weighted by molar-refractivity contribution is 0.405. The summed E-state index contributed by atoms with van der Waals surface area (Å²) in [4.78, 5) is 8.63. The number of aryl methyl sites for hydroxylation is 2. The van der Waals surface area contributed by atoms with Crippen molar-refractivity contribution < 1.29 is 12.8 Å². The van der Waals surface area contributed by atoms with E-state index in [4.69, 9.17) is 5.73 Å². The summed E-state index contributed by atoms with van der Waals surface area (Å²) in [6.07, 6.45) is 6.52. The highest BCUT2D eigenvalue weighted by Gasteiger charge is 2.17. The van der Waals surface area contributed by atoms with Crippen molar-refractivity contribution in [3.63, 3.8) is 0 Å². The lowest BCUT2D eigenvalue weighted by Gasteiger charge is -2.20. The van der Waals surface area contributed by atoms with E-state index in [1.807, 2.05) is 24.3 Å². The predicted molar refractivity (Wildman–Crippen MR) is 129 cm³/mol. The molecule has 0 fully saturated rings. The monoisotopic (exact) mass is 470 g/mol. The molecule has 0 radical (unpaired) electrons. The fraction of sp³-hybridized carbons (Fsp3) is 0.360. The summed E-state index contributed by atoms with van der Waals surface area (Å²) in [5.74, 6) is 0.105. The van der Waals surface area contributed by atoms with Crippen LogP contribution in [-0.2, 0) is 29.4 Å². The zero-order chi connectivity index (χ0) is 23.7. The maximum absolute atomic E-state index is 14.6. The standard InChI is InChI=1S/C25H31FN4O2S/c1-33(31,32)30(16-8-15-27)19-21-12-7-13-22(17-21)25-23(26)18-28-24(29-25)14-6-5-11-20-9-3-2-4-10-20/h2-4,7,9-10,12-13,17-18H,5-6,8,11,14-16,19,27H2,1H3. The van der Waals surface area contributed by atoms with Crippen molar-refractivity contribution in [1.82, 2.24) is 14.3 Å². The molecule has 2 aromatic carbocycles. The Morgan fingerprint density at radius 2 is 1.70 bits per heavy atom. The molecule has 0 saturated carbocycles. The molecule has 6 nitrogen and oxygen atoms in total. The molecule has 0 unspecified atom stereocenters. The van der Waals surface area contributed by atoms with Gasteiger partial charge >= 0.3 is 0 Å². The van der Waals surface area contributed by atoms with Crippen molar-refractivity contribution in [2.24, 2.45) is 5.73 Å². The second-order valence-electron chi connectivity index (χ2n) is 8.11. The third-order valence-corrected chi connectivity index (χ3v) is 6.64. The highest BCUT2D eigenvalue weighted by atomic mass is 32.2. The zero-order valence-electron chi connectivity index (χ0n) is 19.0. The van der Waals surface area contributed by atoms with Crippen LogP contribution >= 0.6 is 0 Å². The van der Waals surface area contributed by atoms with Gasteiger partial charge in [-0.15, -0.1) is 0 Å². The fourth-order valence-corrected chi connectivity index (χ4v) is 4.48. The predicted octanol–water partition coefficient (Wildman–Crippen LogP) is 3.96. The van der Waals surface area contributed by atoms with Gasteiger partial charge in [-0.3, -0.25) is 0 Å². The van der Waals surface area contributed by atoms with Gasteiger partial charge in [0.25, 0.3) is 0 Å². The molecule has 0 spiro atoms. The number of hydrogen-bond donors (Lipinski definition) is 1. The summed E-state index contributed by atoms with van der Waals surface area (Å²) in [5, 5.41) is 0. The minimum atomic E-state index is -3.38. The molecule has 0 aliphatic heterocycles. The molecule has 2 N–H and O–H groups in total. The lowest BCUT2D eigenvalue weighted by atomic mass is 10.1. The molecular formula is C25H31FN4O2S. The zero-order valence-corrected chi connectivity index (χ0v) is 19.8. The van der Waals surface area contributed by atoms with E-state index in [0.29, 0.717) is 37.3 Å². The lowest BCUT2D eigenvalue weighted by Crippen LogP contribution is -2.31. The summed E-state index contributed by atoms with van der Waals surface area (Å²) in [7, 11) is -3.38. The Labute approximate surface area is 195 Å². The molecule has 1 heterocycles. The number of benzene rings is 2. The molecule has 176 valence electrons. The molecule has 1 aromatic heterocycles. The van der Waals surface area contributed by atoms with Crippen LogP contribution in [0.25, 0.3) is 11.3 Å². The van der Waals surface area contributed by atoms with E-state index in [9.17, 15) is 12.8 Å². The van der Waals surface area contributed by atoms with Gasteiger partial charge in [-0.1, -0.05) is 48.5 Å². The summed E-state index contributed by atoms with van der Waals surface area (Å²) in [6, 6.07) is 17.5. The molecule has 0 amide bonds. The van der Waals surface area contributed by atoms with E-state index in [1.54, 1.807) is 18.2 Å². The number of sulfonamides is 1. The number of unbranched alkanes of at least 4 members (excludes halogenated alkanes) is 1. The van der Waals surface area contributed by atoms with Gasteiger partial charge in [0.05, 0.1) is 12.5 Å². The third kappa shape index (κ3) is 7.70. The highest BCUT2D eigenvalue weighted by Crippen LogP contribution is 2.23. The van der Waals surface area contributed by atoms with E-state index in [-0.39, 0.29) is 12.2 Å². The molecule has 0 saturated heterocycles. The highest BCUT2D eigenvalue weighted by molar-refractivity contribution is 7.88. The second-order valence-corrected chi connectivity index (χ2v) is 10.1. The normalized spacial score (nSPS) is 11.8. The van der Waals surface area contributed by atoms with Crippen molar-refractivity contribution in [1.29, 1.82) is 0 Å². The van der Waals surface area contributed by atoms with Gasteiger partial charge in [-0.2, -0.15) is 4.31 Å². The first kappa shape index (κ1) is 25.0. The second kappa shape index (κ2) is 12.0. The summed E-state index contributed by atoms with van der Waals surface area (Å²) in [5.41, 5.74) is 8.43. The smallest absolute Gasteiger partial charge is 0.211 e. The van der Waals surface area contributed by atoms with Crippen LogP contribution in [0, 0.1) is 5.82 Å². The largest absolute Gasteiger partial charge is 0.330 e. The van der Waals surface area contributed by atoms with Gasteiger partial charge < -0.3 is 5.73 Å². The number of hydrogen-bond acceptors (Lipinski definition) is 5. The van der Waals surface area contributed by atoms with Crippen LogP contribution in [0.5, 0.6) is 0 Å². The summed E-state index contributed by atoms with van der Waals surface area (Å²) in [6.45, 7) is 0.951. The first-order valence-corrected chi connectivity index (χ1v) is 13.0. The molecule has 0 bridgehead atoms. The third-order valence-electron chi connectivity index (χ3n) is 5.39. The van der Waals surface area contributed by atoms with Crippen LogP contribution in [0.1, 0.15) is 36.2 Å². The Morgan fingerprint density at radius 3 is 2.42 bits per heavy atom. The Balaban J connectivity index is 1.69. The Morgan fingerprint density at radius 1 is 0.970 bits per heavy atom.